The molecule has 0 aromatic heterocycles. The first-order chi connectivity index (χ1) is 10.1. The molecule has 1 atom stereocenters. The number of carboxylic acids is 1. The van der Waals surface area contributed by atoms with Gasteiger partial charge in [0.15, 0.2) is 11.5 Å². The minimum atomic E-state index is -0.802. The number of hydrogen-bond acceptors (Lipinski definition) is 4. The van der Waals surface area contributed by atoms with Crippen LogP contribution in [0.3, 0.4) is 0 Å². The molecule has 0 radical (unpaired) electrons. The molecule has 0 amide bonds. The maximum absolute atomic E-state index is 10.4. The number of aliphatic carboxylic acids is 1. The van der Waals surface area contributed by atoms with Crippen LogP contribution in [0.5, 0.6) is 11.5 Å². The van der Waals surface area contributed by atoms with Gasteiger partial charge in [-0.2, -0.15) is 0 Å². The molecule has 0 saturated carbocycles. The van der Waals surface area contributed by atoms with Gasteiger partial charge < -0.3 is 19.7 Å². The number of ether oxygens (including phenoxy) is 2. The summed E-state index contributed by atoms with van der Waals surface area (Å²) in [5.41, 5.74) is 0.761. The summed E-state index contributed by atoms with van der Waals surface area (Å²) < 4.78 is 11.0. The first-order valence-electron chi connectivity index (χ1n) is 7.37. The van der Waals surface area contributed by atoms with Gasteiger partial charge in [-0.05, 0) is 50.8 Å². The van der Waals surface area contributed by atoms with E-state index < -0.39 is 12.1 Å². The van der Waals surface area contributed by atoms with Crippen LogP contribution in [0.25, 0.3) is 0 Å². The van der Waals surface area contributed by atoms with Gasteiger partial charge in [0, 0.05) is 6.42 Å². The Morgan fingerprint density at radius 1 is 1.14 bits per heavy atom. The Morgan fingerprint density at radius 2 is 1.81 bits per heavy atom. The van der Waals surface area contributed by atoms with Gasteiger partial charge in [-0.25, -0.2) is 0 Å². The predicted molar refractivity (Wildman–Crippen MR) is 79.8 cm³/mol. The van der Waals surface area contributed by atoms with E-state index in [-0.39, 0.29) is 6.42 Å². The molecule has 1 unspecified atom stereocenters. The van der Waals surface area contributed by atoms with E-state index in [1.165, 1.54) is 0 Å². The van der Waals surface area contributed by atoms with Crippen LogP contribution >= 0.6 is 0 Å². The van der Waals surface area contributed by atoms with E-state index in [9.17, 15) is 9.90 Å². The highest BCUT2D eigenvalue weighted by molar-refractivity contribution is 5.66. The maximum Gasteiger partial charge on any atom is 0.303 e. The van der Waals surface area contributed by atoms with E-state index in [1.54, 1.807) is 12.1 Å². The summed E-state index contributed by atoms with van der Waals surface area (Å²) in [5.74, 6) is 0.492. The average Bonchev–Trinajstić information content (AvgIpc) is 2.45. The summed E-state index contributed by atoms with van der Waals surface area (Å²) in [5, 5.41) is 18.7. The zero-order chi connectivity index (χ0) is 15.7. The van der Waals surface area contributed by atoms with Crippen LogP contribution in [0.1, 0.15) is 51.2 Å². The van der Waals surface area contributed by atoms with E-state index in [0.717, 1.165) is 5.56 Å². The molecule has 0 aliphatic carbocycles. The van der Waals surface area contributed by atoms with Gasteiger partial charge in [0.2, 0.25) is 0 Å². The molecule has 0 aliphatic rings. The molecule has 0 saturated heterocycles. The number of aliphatic hydroxyl groups is 1. The first-order valence-corrected chi connectivity index (χ1v) is 7.37. The first kappa shape index (κ1) is 17.3. The molecule has 1 aromatic carbocycles. The largest absolute Gasteiger partial charge is 0.490 e. The van der Waals surface area contributed by atoms with Gasteiger partial charge in [0.05, 0.1) is 19.3 Å². The van der Waals surface area contributed by atoms with Crippen molar-refractivity contribution in [2.24, 2.45) is 0 Å². The quantitative estimate of drug-likeness (QED) is 0.649. The molecular formula is C16H24O5. The van der Waals surface area contributed by atoms with Gasteiger partial charge in [0.1, 0.15) is 0 Å². The molecule has 0 fully saturated rings. The molecule has 0 heterocycles. The fourth-order valence-corrected chi connectivity index (χ4v) is 2.06. The molecular weight excluding hydrogens is 272 g/mol. The van der Waals surface area contributed by atoms with Crippen molar-refractivity contribution in [3.05, 3.63) is 23.8 Å². The second kappa shape index (κ2) is 9.23. The number of benzene rings is 1. The number of rotatable bonds is 10. The van der Waals surface area contributed by atoms with Crippen molar-refractivity contribution < 1.29 is 24.5 Å². The Labute approximate surface area is 125 Å². The molecule has 0 spiro atoms. The van der Waals surface area contributed by atoms with E-state index in [2.05, 4.69) is 0 Å². The maximum atomic E-state index is 10.4. The molecule has 1 rings (SSSR count). The van der Waals surface area contributed by atoms with E-state index in [0.29, 0.717) is 44.0 Å². The minimum Gasteiger partial charge on any atom is -0.490 e. The van der Waals surface area contributed by atoms with Crippen molar-refractivity contribution in [3.63, 3.8) is 0 Å². The van der Waals surface area contributed by atoms with E-state index in [1.807, 2.05) is 19.9 Å². The fraction of sp³-hybridized carbons (Fsp3) is 0.562. The summed E-state index contributed by atoms with van der Waals surface area (Å²) in [6, 6.07) is 5.40. The zero-order valence-corrected chi connectivity index (χ0v) is 12.7. The lowest BCUT2D eigenvalue weighted by Gasteiger charge is -2.15. The number of aliphatic hydroxyl groups excluding tert-OH is 1. The third-order valence-corrected chi connectivity index (χ3v) is 3.07. The Morgan fingerprint density at radius 3 is 2.43 bits per heavy atom. The number of carbonyl (C=O) groups is 1. The SMILES string of the molecule is CCOc1ccc(C(O)CCCCC(=O)O)cc1OCC. The number of hydrogen-bond donors (Lipinski definition) is 2. The molecule has 0 aliphatic heterocycles. The van der Waals surface area contributed by atoms with Crippen molar-refractivity contribution in [2.75, 3.05) is 13.2 Å². The number of carboxylic acid groups (broad SMARTS) is 1. The Kier molecular flexibility index (Phi) is 7.61. The fourth-order valence-electron chi connectivity index (χ4n) is 2.06. The van der Waals surface area contributed by atoms with Crippen LogP contribution in [0.15, 0.2) is 18.2 Å². The summed E-state index contributed by atoms with van der Waals surface area (Å²) in [6.07, 6.45) is 1.30. The highest BCUT2D eigenvalue weighted by Crippen LogP contribution is 2.32. The smallest absolute Gasteiger partial charge is 0.303 e. The standard InChI is InChI=1S/C16H24O5/c1-3-20-14-10-9-12(11-15(14)21-4-2)13(17)7-5-6-8-16(18)19/h9-11,13,17H,3-8H2,1-2H3,(H,18,19). The third kappa shape index (κ3) is 6.04. The monoisotopic (exact) mass is 296 g/mol. The lowest BCUT2D eigenvalue weighted by molar-refractivity contribution is -0.137. The van der Waals surface area contributed by atoms with Crippen molar-refractivity contribution >= 4 is 5.97 Å². The molecule has 1 aromatic rings. The van der Waals surface area contributed by atoms with Crippen LogP contribution in [0.4, 0.5) is 0 Å². The van der Waals surface area contributed by atoms with Crippen LogP contribution in [0.2, 0.25) is 0 Å². The van der Waals surface area contributed by atoms with Crippen LogP contribution in [-0.2, 0) is 4.79 Å². The van der Waals surface area contributed by atoms with Crippen LogP contribution < -0.4 is 9.47 Å². The zero-order valence-electron chi connectivity index (χ0n) is 12.7. The third-order valence-electron chi connectivity index (χ3n) is 3.07. The Balaban J connectivity index is 2.64. The molecule has 5 nitrogen and oxygen atoms in total. The molecule has 0 bridgehead atoms. The van der Waals surface area contributed by atoms with Gasteiger partial charge in [-0.3, -0.25) is 4.79 Å². The summed E-state index contributed by atoms with van der Waals surface area (Å²) in [6.45, 7) is 4.88. The lowest BCUT2D eigenvalue weighted by atomic mass is 10.0. The van der Waals surface area contributed by atoms with E-state index in [4.69, 9.17) is 14.6 Å². The highest BCUT2D eigenvalue weighted by atomic mass is 16.5. The normalized spacial score (nSPS) is 12.0. The molecule has 2 N–H and O–H groups in total. The second-order valence-electron chi connectivity index (χ2n) is 4.73. The summed E-state index contributed by atoms with van der Waals surface area (Å²) in [4.78, 5) is 10.4. The van der Waals surface area contributed by atoms with Crippen molar-refractivity contribution in [1.29, 1.82) is 0 Å². The average molecular weight is 296 g/mol. The van der Waals surface area contributed by atoms with E-state index >= 15 is 0 Å². The highest BCUT2D eigenvalue weighted by Gasteiger charge is 2.12. The predicted octanol–water partition coefficient (Wildman–Crippen LogP) is 3.16. The van der Waals surface area contributed by atoms with Gasteiger partial charge >= 0.3 is 5.97 Å². The van der Waals surface area contributed by atoms with Crippen LogP contribution in [-0.4, -0.2) is 29.4 Å². The summed E-state index contributed by atoms with van der Waals surface area (Å²) >= 11 is 0. The van der Waals surface area contributed by atoms with Gasteiger partial charge in [0.25, 0.3) is 0 Å². The molecule has 118 valence electrons. The Hall–Kier alpha value is -1.75. The van der Waals surface area contributed by atoms with Gasteiger partial charge in [-0.15, -0.1) is 0 Å². The van der Waals surface area contributed by atoms with Gasteiger partial charge in [-0.1, -0.05) is 6.07 Å². The minimum absolute atomic E-state index is 0.139. The second-order valence-corrected chi connectivity index (χ2v) is 4.73. The summed E-state index contributed by atoms with van der Waals surface area (Å²) in [7, 11) is 0. The lowest BCUT2D eigenvalue weighted by Crippen LogP contribution is -2.02. The Bertz CT molecular complexity index is 444. The molecule has 21 heavy (non-hydrogen) atoms. The van der Waals surface area contributed by atoms with Crippen molar-refractivity contribution in [3.8, 4) is 11.5 Å². The van der Waals surface area contributed by atoms with Crippen molar-refractivity contribution in [2.45, 2.75) is 45.6 Å². The van der Waals surface area contributed by atoms with Crippen LogP contribution in [0, 0.1) is 0 Å². The molecule has 5 heteroatoms. The van der Waals surface area contributed by atoms with Crippen molar-refractivity contribution in [1.82, 2.24) is 0 Å². The topological polar surface area (TPSA) is 76.0 Å². The number of unbranched alkanes of at least 4 members (excludes halogenated alkanes) is 1.